The summed E-state index contributed by atoms with van der Waals surface area (Å²) in [4.78, 5) is 17.6. The fourth-order valence-corrected chi connectivity index (χ4v) is 3.22. The number of nitrogens with zero attached hydrogens (tertiary/aromatic N) is 2. The molecule has 9 heteroatoms. The third kappa shape index (κ3) is 4.65. The molecule has 0 N–H and O–H groups in total. The van der Waals surface area contributed by atoms with Crippen molar-refractivity contribution in [2.24, 2.45) is 0 Å². The molecule has 0 saturated carbocycles. The summed E-state index contributed by atoms with van der Waals surface area (Å²) in [6.45, 7) is 5.41. The second-order valence-electron chi connectivity index (χ2n) is 6.48. The van der Waals surface area contributed by atoms with E-state index in [1.54, 1.807) is 39.1 Å². The number of carbonyl (C=O) groups is 1. The van der Waals surface area contributed by atoms with Crippen LogP contribution in [0.25, 0.3) is 0 Å². The lowest BCUT2D eigenvalue weighted by atomic mass is 9.90. The van der Waals surface area contributed by atoms with Gasteiger partial charge in [-0.15, -0.1) is 0 Å². The summed E-state index contributed by atoms with van der Waals surface area (Å²) in [5.41, 5.74) is -1.35. The molecule has 1 amide bonds. The van der Waals surface area contributed by atoms with Gasteiger partial charge in [-0.3, -0.25) is 9.17 Å². The van der Waals surface area contributed by atoms with Crippen molar-refractivity contribution in [3.8, 4) is 0 Å². The van der Waals surface area contributed by atoms with E-state index in [9.17, 15) is 13.2 Å². The van der Waals surface area contributed by atoms with E-state index in [1.165, 1.54) is 4.90 Å². The summed E-state index contributed by atoms with van der Waals surface area (Å²) in [6.07, 6.45) is 2.02. The van der Waals surface area contributed by atoms with Gasteiger partial charge in [0.1, 0.15) is 5.60 Å². The van der Waals surface area contributed by atoms with Crippen molar-refractivity contribution in [2.75, 3.05) is 19.3 Å². The zero-order valence-electron chi connectivity index (χ0n) is 13.4. The molecule has 128 valence electrons. The van der Waals surface area contributed by atoms with Crippen LogP contribution in [0.15, 0.2) is 22.8 Å². The number of hydrogen-bond acceptors (Lipinski definition) is 6. The molecule has 1 aromatic rings. The van der Waals surface area contributed by atoms with Crippen LogP contribution in [0.2, 0.25) is 0 Å². The summed E-state index contributed by atoms with van der Waals surface area (Å²) >= 11 is 3.28. The zero-order valence-corrected chi connectivity index (χ0v) is 15.8. The summed E-state index contributed by atoms with van der Waals surface area (Å²) in [5, 5.41) is 0. The number of aromatic nitrogens is 1. The number of carbonyl (C=O) groups excluding carboxylic acids is 1. The molecule has 1 aliphatic heterocycles. The van der Waals surface area contributed by atoms with Gasteiger partial charge in [-0.05, 0) is 48.8 Å². The number of rotatable bonds is 3. The van der Waals surface area contributed by atoms with Crippen LogP contribution in [0.5, 0.6) is 0 Å². The molecule has 2 heterocycles. The van der Waals surface area contributed by atoms with Gasteiger partial charge in [0.15, 0.2) is 5.60 Å². The second kappa shape index (κ2) is 6.03. The maximum absolute atomic E-state index is 12.1. The SMILES string of the molecule is CC(C)(C)OC(=O)N1CC(OS(C)(=O)=O)(c2ccc(Br)cn2)C1. The van der Waals surface area contributed by atoms with Crippen molar-refractivity contribution < 1.29 is 22.1 Å². The Labute approximate surface area is 144 Å². The third-order valence-corrected chi connectivity index (χ3v) is 4.14. The Morgan fingerprint density at radius 2 is 1.96 bits per heavy atom. The first-order valence-electron chi connectivity index (χ1n) is 6.91. The van der Waals surface area contributed by atoms with E-state index in [-0.39, 0.29) is 13.1 Å². The maximum atomic E-state index is 12.1. The van der Waals surface area contributed by atoms with Gasteiger partial charge in [-0.2, -0.15) is 8.42 Å². The molecule has 0 bridgehead atoms. The molecule has 1 aromatic heterocycles. The topological polar surface area (TPSA) is 85.8 Å². The minimum absolute atomic E-state index is 0.0591. The van der Waals surface area contributed by atoms with Crippen LogP contribution in [-0.2, 0) is 24.6 Å². The number of halogens is 1. The number of pyridine rings is 1. The van der Waals surface area contributed by atoms with E-state index in [0.29, 0.717) is 5.69 Å². The van der Waals surface area contributed by atoms with Crippen molar-refractivity contribution in [3.63, 3.8) is 0 Å². The van der Waals surface area contributed by atoms with E-state index in [4.69, 9.17) is 8.92 Å². The van der Waals surface area contributed by atoms with Gasteiger partial charge in [-0.1, -0.05) is 0 Å². The second-order valence-corrected chi connectivity index (χ2v) is 8.97. The molecular weight excluding hydrogens is 388 g/mol. The molecule has 0 spiro atoms. The minimum Gasteiger partial charge on any atom is -0.444 e. The van der Waals surface area contributed by atoms with E-state index >= 15 is 0 Å². The van der Waals surface area contributed by atoms with Crippen molar-refractivity contribution in [2.45, 2.75) is 32.0 Å². The molecule has 0 aliphatic carbocycles. The van der Waals surface area contributed by atoms with Crippen LogP contribution in [0.1, 0.15) is 26.5 Å². The predicted octanol–water partition coefficient (Wildman–Crippen LogP) is 2.27. The van der Waals surface area contributed by atoms with Crippen LogP contribution < -0.4 is 0 Å². The Hall–Kier alpha value is -1.19. The van der Waals surface area contributed by atoms with Gasteiger partial charge in [0.25, 0.3) is 10.1 Å². The molecule has 0 unspecified atom stereocenters. The average molecular weight is 407 g/mol. The first-order valence-corrected chi connectivity index (χ1v) is 9.52. The molecule has 2 rings (SSSR count). The van der Waals surface area contributed by atoms with E-state index in [0.717, 1.165) is 10.7 Å². The number of hydrogen-bond donors (Lipinski definition) is 0. The van der Waals surface area contributed by atoms with Gasteiger partial charge in [0.05, 0.1) is 25.0 Å². The van der Waals surface area contributed by atoms with E-state index in [1.807, 2.05) is 0 Å². The Kier molecular flexibility index (Phi) is 4.76. The smallest absolute Gasteiger partial charge is 0.410 e. The Morgan fingerprint density at radius 1 is 1.35 bits per heavy atom. The maximum Gasteiger partial charge on any atom is 0.410 e. The Morgan fingerprint density at radius 3 is 2.39 bits per heavy atom. The fraction of sp³-hybridized carbons (Fsp3) is 0.571. The van der Waals surface area contributed by atoms with Crippen LogP contribution in [-0.4, -0.2) is 49.3 Å². The highest BCUT2D eigenvalue weighted by molar-refractivity contribution is 9.10. The summed E-state index contributed by atoms with van der Waals surface area (Å²) in [6, 6.07) is 3.41. The first-order chi connectivity index (χ1) is 10.4. The summed E-state index contributed by atoms with van der Waals surface area (Å²) in [5.74, 6) is 0. The standard InChI is InChI=1S/C14H19BrN2O5S/c1-13(2,3)21-12(18)17-8-14(9-17,22-23(4,19)20)11-6-5-10(15)7-16-11/h5-7H,8-9H2,1-4H3. The van der Waals surface area contributed by atoms with Crippen LogP contribution >= 0.6 is 15.9 Å². The molecule has 7 nitrogen and oxygen atoms in total. The number of ether oxygens (including phenoxy) is 1. The molecule has 1 saturated heterocycles. The highest BCUT2D eigenvalue weighted by Gasteiger charge is 2.52. The molecular formula is C14H19BrN2O5S. The monoisotopic (exact) mass is 406 g/mol. The Balaban J connectivity index is 2.20. The van der Waals surface area contributed by atoms with E-state index in [2.05, 4.69) is 20.9 Å². The van der Waals surface area contributed by atoms with Crippen molar-refractivity contribution in [1.29, 1.82) is 0 Å². The minimum atomic E-state index is -3.72. The largest absolute Gasteiger partial charge is 0.444 e. The molecule has 0 radical (unpaired) electrons. The Bertz CT molecular complexity index is 691. The van der Waals surface area contributed by atoms with Crippen molar-refractivity contribution in [3.05, 3.63) is 28.5 Å². The number of likely N-dealkylation sites (tertiary alicyclic amines) is 1. The van der Waals surface area contributed by atoms with Crippen LogP contribution in [0.4, 0.5) is 4.79 Å². The quantitative estimate of drug-likeness (QED) is 0.715. The predicted molar refractivity (Wildman–Crippen MR) is 87.4 cm³/mol. The zero-order chi connectivity index (χ0) is 17.5. The summed E-state index contributed by atoms with van der Waals surface area (Å²) in [7, 11) is -3.72. The van der Waals surface area contributed by atoms with Gasteiger partial charge in [0, 0.05) is 10.7 Å². The van der Waals surface area contributed by atoms with Crippen molar-refractivity contribution in [1.82, 2.24) is 9.88 Å². The fourth-order valence-electron chi connectivity index (χ4n) is 2.22. The lowest BCUT2D eigenvalue weighted by Crippen LogP contribution is -2.63. The van der Waals surface area contributed by atoms with Gasteiger partial charge < -0.3 is 9.64 Å². The van der Waals surface area contributed by atoms with E-state index < -0.39 is 27.4 Å². The lowest BCUT2D eigenvalue weighted by Gasteiger charge is -2.47. The number of amides is 1. The molecule has 23 heavy (non-hydrogen) atoms. The average Bonchev–Trinajstić information content (AvgIpc) is 2.30. The molecule has 1 fully saturated rings. The van der Waals surface area contributed by atoms with Gasteiger partial charge >= 0.3 is 6.09 Å². The highest BCUT2D eigenvalue weighted by atomic mass is 79.9. The van der Waals surface area contributed by atoms with Crippen LogP contribution in [0, 0.1) is 0 Å². The lowest BCUT2D eigenvalue weighted by molar-refractivity contribution is -0.0850. The summed E-state index contributed by atoms with van der Waals surface area (Å²) < 4.78 is 34.5. The molecule has 0 atom stereocenters. The molecule has 1 aliphatic rings. The molecule has 0 aromatic carbocycles. The normalized spacial score (nSPS) is 17.5. The van der Waals surface area contributed by atoms with Gasteiger partial charge in [-0.25, -0.2) is 4.79 Å². The highest BCUT2D eigenvalue weighted by Crippen LogP contribution is 2.37. The van der Waals surface area contributed by atoms with Crippen molar-refractivity contribution >= 4 is 32.1 Å². The third-order valence-electron chi connectivity index (χ3n) is 3.05. The van der Waals surface area contributed by atoms with Crippen LogP contribution in [0.3, 0.4) is 0 Å². The first kappa shape index (κ1) is 18.2. The van der Waals surface area contributed by atoms with Gasteiger partial charge in [0.2, 0.25) is 0 Å².